The van der Waals surface area contributed by atoms with Gasteiger partial charge in [-0.2, -0.15) is 0 Å². The summed E-state index contributed by atoms with van der Waals surface area (Å²) in [5.41, 5.74) is 3.99. The van der Waals surface area contributed by atoms with Crippen molar-refractivity contribution in [2.75, 3.05) is 7.05 Å². The van der Waals surface area contributed by atoms with Gasteiger partial charge in [0.05, 0.1) is 22.6 Å². The Morgan fingerprint density at radius 2 is 1.56 bits per heavy atom. The molecule has 1 amide bonds. The predicted octanol–water partition coefficient (Wildman–Crippen LogP) is 5.82. The maximum Gasteiger partial charge on any atom is 0.266 e. The molecule has 4 rings (SSSR count). The van der Waals surface area contributed by atoms with Crippen molar-refractivity contribution in [1.82, 2.24) is 14.5 Å². The van der Waals surface area contributed by atoms with E-state index in [1.807, 2.05) is 80.6 Å². The normalized spacial score (nSPS) is 12.5. The number of rotatable bonds is 4. The van der Waals surface area contributed by atoms with Crippen molar-refractivity contribution >= 4 is 16.8 Å². The summed E-state index contributed by atoms with van der Waals surface area (Å²) in [5.74, 6) is 0.409. The van der Waals surface area contributed by atoms with Gasteiger partial charge in [0.1, 0.15) is 5.82 Å². The molecule has 0 fully saturated rings. The molecule has 1 aromatic heterocycles. The molecule has 0 aliphatic heterocycles. The van der Waals surface area contributed by atoms with Gasteiger partial charge in [-0.05, 0) is 60.7 Å². The summed E-state index contributed by atoms with van der Waals surface area (Å²) >= 11 is 0. The number of para-hydroxylation sites is 2. The minimum absolute atomic E-state index is 0.0133. The highest BCUT2D eigenvalue weighted by molar-refractivity contribution is 5.94. The average molecular weight is 454 g/mol. The molecule has 34 heavy (non-hydrogen) atoms. The van der Waals surface area contributed by atoms with Crippen LogP contribution < -0.4 is 5.56 Å². The number of benzene rings is 3. The van der Waals surface area contributed by atoms with Gasteiger partial charge in [-0.25, -0.2) is 4.98 Å². The smallest absolute Gasteiger partial charge is 0.266 e. The molecule has 0 bridgehead atoms. The lowest BCUT2D eigenvalue weighted by Gasteiger charge is -2.28. The van der Waals surface area contributed by atoms with Gasteiger partial charge in [0, 0.05) is 12.6 Å². The van der Waals surface area contributed by atoms with Crippen LogP contribution in [-0.4, -0.2) is 27.4 Å². The van der Waals surface area contributed by atoms with E-state index in [4.69, 9.17) is 4.98 Å². The summed E-state index contributed by atoms with van der Waals surface area (Å²) in [6, 6.07) is 22.4. The van der Waals surface area contributed by atoms with Crippen molar-refractivity contribution in [3.8, 4) is 5.69 Å². The van der Waals surface area contributed by atoms with Gasteiger partial charge >= 0.3 is 0 Å². The summed E-state index contributed by atoms with van der Waals surface area (Å²) in [4.78, 5) is 33.5. The second-order valence-corrected chi connectivity index (χ2v) is 9.83. The Labute approximate surface area is 200 Å². The average Bonchev–Trinajstić information content (AvgIpc) is 2.83. The lowest BCUT2D eigenvalue weighted by atomic mass is 9.86. The first-order valence-corrected chi connectivity index (χ1v) is 11.5. The van der Waals surface area contributed by atoms with Gasteiger partial charge in [0.2, 0.25) is 0 Å². The van der Waals surface area contributed by atoms with E-state index in [1.54, 1.807) is 22.6 Å². The molecule has 1 atom stereocenters. The fourth-order valence-corrected chi connectivity index (χ4v) is 4.14. The number of carbonyl (C=O) groups is 1. The second kappa shape index (κ2) is 8.90. The van der Waals surface area contributed by atoms with Crippen LogP contribution in [0.1, 0.15) is 61.0 Å². The number of aromatic nitrogens is 2. The lowest BCUT2D eigenvalue weighted by molar-refractivity contribution is 0.0735. The number of carbonyl (C=O) groups excluding carboxylic acids is 1. The van der Waals surface area contributed by atoms with Crippen LogP contribution in [0.15, 0.2) is 77.6 Å². The predicted molar refractivity (Wildman–Crippen MR) is 138 cm³/mol. The highest BCUT2D eigenvalue weighted by atomic mass is 16.2. The summed E-state index contributed by atoms with van der Waals surface area (Å²) in [6.45, 7) is 10.3. The number of fused-ring (bicyclic) bond motifs is 1. The Bertz CT molecular complexity index is 1410. The second-order valence-electron chi connectivity index (χ2n) is 9.83. The molecule has 174 valence electrons. The number of aryl methyl sites for hydroxylation is 1. The molecule has 4 aromatic rings. The van der Waals surface area contributed by atoms with Gasteiger partial charge in [0.25, 0.3) is 11.5 Å². The first-order valence-electron chi connectivity index (χ1n) is 11.5. The minimum atomic E-state index is -0.438. The largest absolute Gasteiger partial charge is 0.332 e. The summed E-state index contributed by atoms with van der Waals surface area (Å²) in [5, 5.41) is 0.549. The lowest BCUT2D eigenvalue weighted by Crippen LogP contribution is -2.35. The van der Waals surface area contributed by atoms with Crippen LogP contribution >= 0.6 is 0 Å². The minimum Gasteiger partial charge on any atom is -0.332 e. The van der Waals surface area contributed by atoms with Crippen LogP contribution in [0.25, 0.3) is 16.6 Å². The topological polar surface area (TPSA) is 55.2 Å². The molecule has 0 saturated carbocycles. The highest BCUT2D eigenvalue weighted by Gasteiger charge is 2.25. The molecular formula is C29H31N3O2. The Hall–Kier alpha value is -3.73. The quantitative estimate of drug-likeness (QED) is 0.391. The van der Waals surface area contributed by atoms with Crippen molar-refractivity contribution in [2.24, 2.45) is 0 Å². The SMILES string of the molecule is Cc1ccccc1-n1c(C(C)N(C)C(=O)c2ccc(C(C)(C)C)cc2)nc2ccccc2c1=O. The molecule has 0 radical (unpaired) electrons. The van der Waals surface area contributed by atoms with Gasteiger partial charge in [-0.3, -0.25) is 14.2 Å². The van der Waals surface area contributed by atoms with Crippen molar-refractivity contribution in [2.45, 2.75) is 46.1 Å². The molecule has 0 aliphatic carbocycles. The number of hydrogen-bond donors (Lipinski definition) is 0. The third-order valence-electron chi connectivity index (χ3n) is 6.43. The highest BCUT2D eigenvalue weighted by Crippen LogP contribution is 2.26. The zero-order valence-electron chi connectivity index (χ0n) is 20.7. The van der Waals surface area contributed by atoms with Gasteiger partial charge in [-0.15, -0.1) is 0 Å². The van der Waals surface area contributed by atoms with Crippen LogP contribution in [0.5, 0.6) is 0 Å². The van der Waals surface area contributed by atoms with Crippen molar-refractivity contribution in [3.05, 3.63) is 106 Å². The Morgan fingerprint density at radius 3 is 2.21 bits per heavy atom. The standard InChI is InChI=1S/C29H31N3O2/c1-19-11-7-10-14-25(19)32-26(30-24-13-9-8-12-23(24)28(32)34)20(2)31(6)27(33)21-15-17-22(18-16-21)29(3,4)5/h7-18,20H,1-6H3. The number of nitrogens with zero attached hydrogens (tertiary/aromatic N) is 3. The van der Waals surface area contributed by atoms with Crippen molar-refractivity contribution < 1.29 is 4.79 Å². The van der Waals surface area contributed by atoms with Crippen LogP contribution in [0.3, 0.4) is 0 Å². The zero-order valence-corrected chi connectivity index (χ0v) is 20.7. The molecular weight excluding hydrogens is 422 g/mol. The van der Waals surface area contributed by atoms with Crippen LogP contribution in [0.2, 0.25) is 0 Å². The van der Waals surface area contributed by atoms with Gasteiger partial charge in [0.15, 0.2) is 0 Å². The van der Waals surface area contributed by atoms with E-state index in [-0.39, 0.29) is 16.9 Å². The maximum atomic E-state index is 13.6. The summed E-state index contributed by atoms with van der Waals surface area (Å²) in [6.07, 6.45) is 0. The molecule has 5 nitrogen and oxygen atoms in total. The Morgan fingerprint density at radius 1 is 0.941 bits per heavy atom. The number of hydrogen-bond acceptors (Lipinski definition) is 3. The Balaban J connectivity index is 1.81. The van der Waals surface area contributed by atoms with Crippen LogP contribution in [0, 0.1) is 6.92 Å². The van der Waals surface area contributed by atoms with E-state index in [9.17, 15) is 9.59 Å². The van der Waals surface area contributed by atoms with Crippen LogP contribution in [-0.2, 0) is 5.41 Å². The zero-order chi connectivity index (χ0) is 24.6. The fourth-order valence-electron chi connectivity index (χ4n) is 4.14. The molecule has 5 heteroatoms. The third kappa shape index (κ3) is 4.26. The molecule has 0 aliphatic rings. The molecule has 0 spiro atoms. The molecule has 1 unspecified atom stereocenters. The van der Waals surface area contributed by atoms with Gasteiger partial charge < -0.3 is 4.90 Å². The summed E-state index contributed by atoms with van der Waals surface area (Å²) < 4.78 is 1.65. The first kappa shape index (κ1) is 23.4. The molecule has 3 aromatic carbocycles. The maximum absolute atomic E-state index is 13.6. The van der Waals surface area contributed by atoms with Crippen LogP contribution in [0.4, 0.5) is 0 Å². The van der Waals surface area contributed by atoms with E-state index in [0.717, 1.165) is 11.3 Å². The van der Waals surface area contributed by atoms with E-state index >= 15 is 0 Å². The Kier molecular flexibility index (Phi) is 6.13. The molecule has 0 N–H and O–H groups in total. The fraction of sp³-hybridized carbons (Fsp3) is 0.276. The van der Waals surface area contributed by atoms with Crippen molar-refractivity contribution in [3.63, 3.8) is 0 Å². The first-order chi connectivity index (χ1) is 16.1. The summed E-state index contributed by atoms with van der Waals surface area (Å²) in [7, 11) is 1.76. The molecule has 0 saturated heterocycles. The monoisotopic (exact) mass is 453 g/mol. The van der Waals surface area contributed by atoms with E-state index < -0.39 is 6.04 Å². The molecule has 1 heterocycles. The van der Waals surface area contributed by atoms with Crippen molar-refractivity contribution in [1.29, 1.82) is 0 Å². The number of amides is 1. The third-order valence-corrected chi connectivity index (χ3v) is 6.43. The van der Waals surface area contributed by atoms with E-state index in [0.29, 0.717) is 22.3 Å². The van der Waals surface area contributed by atoms with Gasteiger partial charge in [-0.1, -0.05) is 63.2 Å². The van der Waals surface area contributed by atoms with E-state index in [2.05, 4.69) is 20.8 Å². The van der Waals surface area contributed by atoms with E-state index in [1.165, 1.54) is 5.56 Å².